The van der Waals surface area contributed by atoms with E-state index in [1.807, 2.05) is 96.3 Å². The van der Waals surface area contributed by atoms with E-state index in [1.54, 1.807) is 29.2 Å². The Morgan fingerprint density at radius 1 is 0.425 bits per heavy atom. The number of thioether (sulfide) groups is 2. The van der Waals surface area contributed by atoms with Crippen LogP contribution in [0.1, 0.15) is 120 Å². The number of para-hydroxylation sites is 1. The minimum absolute atomic E-state index is 0.00128. The van der Waals surface area contributed by atoms with Crippen LogP contribution >= 0.6 is 23.5 Å². The molecule has 0 bridgehead atoms. The molecule has 2 saturated heterocycles. The van der Waals surface area contributed by atoms with Crippen molar-refractivity contribution in [2.24, 2.45) is 17.6 Å². The van der Waals surface area contributed by atoms with Crippen molar-refractivity contribution in [2.45, 2.75) is 95.7 Å². The third-order valence-electron chi connectivity index (χ3n) is 20.7. The van der Waals surface area contributed by atoms with E-state index in [0.717, 1.165) is 71.1 Å². The molecule has 4 aromatic heterocycles. The molecule has 650 valence electrons. The van der Waals surface area contributed by atoms with E-state index in [9.17, 15) is 49.2 Å². The summed E-state index contributed by atoms with van der Waals surface area (Å²) in [4.78, 5) is 100. The average molecular weight is 1700 g/mol. The van der Waals surface area contributed by atoms with E-state index in [2.05, 4.69) is 56.7 Å². The molecule has 2 aliphatic carbocycles. The Morgan fingerprint density at radius 2 is 0.783 bits per heavy atom. The lowest BCUT2D eigenvalue weighted by atomic mass is 10.0. The van der Waals surface area contributed by atoms with Crippen LogP contribution in [0.5, 0.6) is 0 Å². The lowest BCUT2D eigenvalue weighted by Crippen LogP contribution is -2.36. The molecule has 7 heterocycles. The van der Waals surface area contributed by atoms with Gasteiger partial charge < -0.3 is 83.7 Å². The quantitative estimate of drug-likeness (QED) is 0.0193. The van der Waals surface area contributed by atoms with E-state index in [-0.39, 0.29) is 71.8 Å². The Balaban J connectivity index is 0.000000270. The summed E-state index contributed by atoms with van der Waals surface area (Å²) in [5.74, 6) is 6.23. The predicted molar refractivity (Wildman–Crippen MR) is 451 cm³/mol. The van der Waals surface area contributed by atoms with Crippen LogP contribution in [0.4, 0.5) is 5.69 Å². The van der Waals surface area contributed by atoms with Crippen LogP contribution in [0.3, 0.4) is 0 Å². The topological polar surface area (TPSA) is 381 Å². The number of pyridine rings is 4. The molecule has 4 unspecified atom stereocenters. The van der Waals surface area contributed by atoms with Gasteiger partial charge in [-0.25, -0.2) is 39.1 Å². The van der Waals surface area contributed by atoms with Gasteiger partial charge in [0.1, 0.15) is 22.8 Å². The lowest BCUT2D eigenvalue weighted by molar-refractivity contribution is -0.125. The number of benzene rings is 2. The molecule has 4 fully saturated rings. The molecule has 120 heavy (non-hydrogen) atoms. The molecule has 2 aromatic carbocycles. The van der Waals surface area contributed by atoms with Gasteiger partial charge in [-0.1, -0.05) is 66.4 Å². The Morgan fingerprint density at radius 3 is 1.18 bits per heavy atom. The zero-order valence-corrected chi connectivity index (χ0v) is 69.9. The maximum atomic E-state index is 13.5. The first-order valence-corrected chi connectivity index (χ1v) is 43.6. The number of nitrogens with zero attached hydrogens (tertiary/aromatic N) is 9. The molecule has 3 aliphatic heterocycles. The van der Waals surface area contributed by atoms with Gasteiger partial charge in [0.2, 0.25) is 11.8 Å². The number of nitrogens with one attached hydrogen (secondary N) is 1. The van der Waals surface area contributed by atoms with Crippen molar-refractivity contribution in [3.8, 4) is 11.8 Å². The fraction of sp³-hybridized carbons (Fsp3) is 0.540. The minimum atomic E-state index is -1.07. The first-order chi connectivity index (χ1) is 58.6. The largest absolute Gasteiger partial charge is 0.477 e. The van der Waals surface area contributed by atoms with Crippen molar-refractivity contribution in [1.29, 1.82) is 0 Å². The third-order valence-corrected chi connectivity index (χ3v) is 23.0. The van der Waals surface area contributed by atoms with E-state index >= 15 is 0 Å². The van der Waals surface area contributed by atoms with Crippen molar-refractivity contribution in [3.05, 3.63) is 184 Å². The van der Waals surface area contributed by atoms with Gasteiger partial charge in [-0.05, 0) is 121 Å². The van der Waals surface area contributed by atoms with Gasteiger partial charge in [0.25, 0.3) is 0 Å². The number of anilines is 1. The summed E-state index contributed by atoms with van der Waals surface area (Å²) in [6.07, 6.45) is 3.20. The molecule has 31 nitrogen and oxygen atoms in total. The molecule has 6 aromatic rings. The predicted octanol–water partition coefficient (Wildman–Crippen LogP) is 7.11. The smallest absolute Gasteiger partial charge is 0.354 e. The second kappa shape index (κ2) is 52.8. The number of carboxylic acid groups (broad SMARTS) is 4. The first-order valence-electron chi connectivity index (χ1n) is 41.3. The number of fused-ring (bicyclic) bond motifs is 4. The maximum absolute atomic E-state index is 13.5. The van der Waals surface area contributed by atoms with E-state index in [1.165, 1.54) is 24.3 Å². The van der Waals surface area contributed by atoms with Gasteiger partial charge in [-0.3, -0.25) is 29.2 Å². The molecule has 7 N–H and O–H groups in total. The van der Waals surface area contributed by atoms with Gasteiger partial charge >= 0.3 is 23.9 Å². The number of carbonyl (C=O) groups excluding carboxylic acids is 2. The monoisotopic (exact) mass is 1700 g/mol. The molecular formula is C87H115N11O20S2. The van der Waals surface area contributed by atoms with Crippen LogP contribution in [0.2, 0.25) is 0 Å². The fourth-order valence-corrected chi connectivity index (χ4v) is 16.5. The minimum Gasteiger partial charge on any atom is -0.477 e. The number of hydrogen-bond acceptors (Lipinski definition) is 27. The Hall–Kier alpha value is -8.48. The lowest BCUT2D eigenvalue weighted by Gasteiger charge is -2.27. The molecule has 2 saturated carbocycles. The highest BCUT2D eigenvalue weighted by Crippen LogP contribution is 2.35. The molecule has 33 heteroatoms. The highest BCUT2D eigenvalue weighted by Gasteiger charge is 2.38. The number of ether oxygens (including phenoxy) is 10. The second-order valence-electron chi connectivity index (χ2n) is 29.6. The fourth-order valence-electron chi connectivity index (χ4n) is 14.5. The molecule has 0 spiro atoms. The number of carbonyl (C=O) groups is 6. The molecule has 2 amide bonds. The zero-order chi connectivity index (χ0) is 84.3. The normalized spacial score (nSPS) is 20.8. The van der Waals surface area contributed by atoms with Gasteiger partial charge in [0.15, 0.2) is 0 Å². The van der Waals surface area contributed by atoms with Crippen LogP contribution in [0, 0.1) is 23.7 Å². The summed E-state index contributed by atoms with van der Waals surface area (Å²) >= 11 is 3.69. The second-order valence-corrected chi connectivity index (χ2v) is 31.9. The van der Waals surface area contributed by atoms with Crippen molar-refractivity contribution < 1.29 is 96.6 Å². The van der Waals surface area contributed by atoms with Crippen LogP contribution in [0.25, 0.3) is 0 Å². The highest BCUT2D eigenvalue weighted by molar-refractivity contribution is 7.99. The van der Waals surface area contributed by atoms with Crippen molar-refractivity contribution in [2.75, 3.05) is 199 Å². The van der Waals surface area contributed by atoms with E-state index in [0.29, 0.717) is 238 Å². The maximum Gasteiger partial charge on any atom is 0.354 e. The van der Waals surface area contributed by atoms with Crippen molar-refractivity contribution in [3.63, 3.8) is 0 Å². The van der Waals surface area contributed by atoms with Gasteiger partial charge in [-0.2, -0.15) is 23.5 Å². The summed E-state index contributed by atoms with van der Waals surface area (Å²) in [5.41, 5.74) is 11.6. The Kier molecular flexibility index (Phi) is 41.2. The number of amides is 2. The molecule has 5 aliphatic rings. The van der Waals surface area contributed by atoms with Gasteiger partial charge in [0.05, 0.1) is 165 Å². The number of hydrogen-bond donors (Lipinski definition) is 6. The molecule has 11 rings (SSSR count). The van der Waals surface area contributed by atoms with Gasteiger partial charge in [0, 0.05) is 127 Å². The Bertz CT molecular complexity index is 4050. The summed E-state index contributed by atoms with van der Waals surface area (Å²) < 4.78 is 61.3. The average Bonchev–Trinajstić information content (AvgIpc) is 1.06. The van der Waals surface area contributed by atoms with E-state index < -0.39 is 23.9 Å². The number of nitrogens with two attached hydrogens (primary N) is 1. The SMILES string of the molecule is NCCOCCSCC1CC2OCCN(Cc3cccc(C(=O)O)n3)CCOCCOCCN(Cc3cccc(C(=O)O)n3)CCOC2C1.O=C(CCC(=O)N1Cc2ccccc2C#Cc2ccccc21)NCCOCCSCC1CC2OCCN(Cc3cccc(C(=O)O)n3)CCOCCOCCN(Cc3cccc(C(=O)O)n3)CCOC2C1. The van der Waals surface area contributed by atoms with Crippen LogP contribution in [-0.4, -0.2) is 314 Å². The summed E-state index contributed by atoms with van der Waals surface area (Å²) in [7, 11) is 0. The van der Waals surface area contributed by atoms with E-state index in [4.69, 9.17) is 53.1 Å². The van der Waals surface area contributed by atoms with Crippen LogP contribution < -0.4 is 16.0 Å². The Labute approximate surface area is 710 Å². The third kappa shape index (κ3) is 33.4. The zero-order valence-electron chi connectivity index (χ0n) is 68.2. The number of rotatable bonds is 30. The molecular weight excluding hydrogens is 1580 g/mol. The van der Waals surface area contributed by atoms with Crippen molar-refractivity contribution in [1.82, 2.24) is 44.9 Å². The number of aromatic nitrogens is 4. The number of aromatic carboxylic acids is 4. The highest BCUT2D eigenvalue weighted by atomic mass is 32.2. The summed E-state index contributed by atoms with van der Waals surface area (Å²) in [6.45, 7) is 15.4. The van der Waals surface area contributed by atoms with Crippen LogP contribution in [-0.2, 0) is 89.7 Å². The van der Waals surface area contributed by atoms with Crippen LogP contribution in [0.15, 0.2) is 121 Å². The standard InChI is InChI=1S/C53H64N6O11S.C34H51N5O9S/c60-50(17-18-51(61)59-35-42-9-2-1-7-40(42)15-16-41-8-3-4-14-47(41)59)54-19-24-66-31-32-71-38-39-33-48-49(34-39)70-28-23-58(37-44-11-6-13-46(56-44)53(64)65)21-26-68-30-29-67-25-20-57(22-27-69-48)36-43-10-5-12-45(55-43)52(62)63;35-7-12-44-19-20-49-25-26-21-31-32(22-26)48-16-11-39(24-28-4-2-6-30(37-28)34(42)43)9-14-46-18-17-45-13-8-38(10-15-47-31)23-27-3-1-5-29(36-27)33(40)41/h1-14,39,48-49H,17-38H2,(H,54,60)(H,62,63)(H,64,65);1-6,26,31-32H,7-25,35H2,(H,40,41)(H,42,43). The van der Waals surface area contributed by atoms with Crippen molar-refractivity contribution >= 4 is 64.9 Å². The van der Waals surface area contributed by atoms with Gasteiger partial charge in [-0.15, -0.1) is 0 Å². The summed E-state index contributed by atoms with van der Waals surface area (Å²) in [5, 5.41) is 40.7. The molecule has 4 atom stereocenters. The molecule has 0 radical (unpaired) electrons. The summed E-state index contributed by atoms with van der Waals surface area (Å²) in [6, 6.07) is 35.5. The first kappa shape index (κ1) is 93.8. The number of carboxylic acids is 4.